The lowest BCUT2D eigenvalue weighted by molar-refractivity contribution is -0.133. The van der Waals surface area contributed by atoms with Crippen LogP contribution in [0.2, 0.25) is 0 Å². The molecule has 1 aliphatic heterocycles. The van der Waals surface area contributed by atoms with Crippen LogP contribution >= 0.6 is 11.5 Å². The van der Waals surface area contributed by atoms with Gasteiger partial charge in [-0.15, -0.1) is 5.10 Å². The number of aryl methyl sites for hydroxylation is 1. The van der Waals surface area contributed by atoms with E-state index in [0.717, 1.165) is 28.2 Å². The van der Waals surface area contributed by atoms with E-state index in [1.54, 1.807) is 13.1 Å². The zero-order chi connectivity index (χ0) is 22.6. The number of hydrogen-bond donors (Lipinski definition) is 1. The van der Waals surface area contributed by atoms with Crippen molar-refractivity contribution in [3.8, 4) is 11.1 Å². The number of piperidine rings is 1. The van der Waals surface area contributed by atoms with Crippen LogP contribution in [0.3, 0.4) is 0 Å². The maximum atomic E-state index is 13.3. The third-order valence-electron chi connectivity index (χ3n) is 6.19. The molecule has 166 valence electrons. The zero-order valence-electron chi connectivity index (χ0n) is 18.4. The molecule has 0 aliphatic carbocycles. The van der Waals surface area contributed by atoms with Gasteiger partial charge in [0.15, 0.2) is 0 Å². The second-order valence-electron chi connectivity index (χ2n) is 8.20. The highest BCUT2D eigenvalue weighted by molar-refractivity contribution is 7.07. The molecule has 2 amide bonds. The number of nitrogens with one attached hydrogen (secondary N) is 1. The van der Waals surface area contributed by atoms with Gasteiger partial charge in [0.25, 0.3) is 5.91 Å². The summed E-state index contributed by atoms with van der Waals surface area (Å²) in [4.78, 5) is 32.9. The molecule has 1 saturated heterocycles. The summed E-state index contributed by atoms with van der Waals surface area (Å²) in [6, 6.07) is 12.2. The Kier molecular flexibility index (Phi) is 6.60. The third kappa shape index (κ3) is 4.41. The van der Waals surface area contributed by atoms with Crippen molar-refractivity contribution in [3.05, 3.63) is 64.9 Å². The lowest BCUT2D eigenvalue weighted by Gasteiger charge is -2.41. The number of benzene rings is 1. The predicted molar refractivity (Wildman–Crippen MR) is 124 cm³/mol. The Morgan fingerprint density at radius 1 is 1.16 bits per heavy atom. The minimum atomic E-state index is -0.563. The summed E-state index contributed by atoms with van der Waals surface area (Å²) < 4.78 is 3.89. The van der Waals surface area contributed by atoms with E-state index in [1.807, 2.05) is 42.3 Å². The highest BCUT2D eigenvalue weighted by Crippen LogP contribution is 2.38. The average molecular weight is 450 g/mol. The lowest BCUT2D eigenvalue weighted by atomic mass is 9.72. The number of carbonyl (C=O) groups excluding carboxylic acids is 2. The van der Waals surface area contributed by atoms with Gasteiger partial charge in [-0.05, 0) is 61.8 Å². The minimum absolute atomic E-state index is 0.0437. The largest absolute Gasteiger partial charge is 0.356 e. The predicted octanol–water partition coefficient (Wildman–Crippen LogP) is 3.51. The fourth-order valence-electron chi connectivity index (χ4n) is 4.38. The summed E-state index contributed by atoms with van der Waals surface area (Å²) in [5, 5.41) is 7.00. The Hall–Kier alpha value is -3.13. The first-order chi connectivity index (χ1) is 15.5. The van der Waals surface area contributed by atoms with Crippen molar-refractivity contribution < 1.29 is 9.59 Å². The van der Waals surface area contributed by atoms with Gasteiger partial charge in [-0.2, -0.15) is 0 Å². The van der Waals surface area contributed by atoms with Crippen molar-refractivity contribution in [3.63, 3.8) is 0 Å². The molecule has 2 aromatic heterocycles. The van der Waals surface area contributed by atoms with E-state index in [2.05, 4.69) is 32.0 Å². The van der Waals surface area contributed by atoms with Gasteiger partial charge in [-0.3, -0.25) is 14.6 Å². The smallest absolute Gasteiger partial charge is 0.267 e. The monoisotopic (exact) mass is 449 g/mol. The van der Waals surface area contributed by atoms with Gasteiger partial charge in [0.05, 0.1) is 11.1 Å². The van der Waals surface area contributed by atoms with Crippen molar-refractivity contribution in [2.75, 3.05) is 19.6 Å². The highest BCUT2D eigenvalue weighted by Gasteiger charge is 2.42. The number of aromatic nitrogens is 3. The molecule has 1 fully saturated rings. The van der Waals surface area contributed by atoms with Crippen LogP contribution in [0.4, 0.5) is 0 Å². The molecule has 0 unspecified atom stereocenters. The standard InChI is InChI=1S/C24H27N5O2S/c1-3-26-23(31)24(10-13-29(14-11-24)22(30)21-17(2)27-28-32-21)15-18-7-4-5-9-20(18)19-8-6-12-25-16-19/h4-9,12,16H,3,10-11,13-15H2,1-2H3,(H,26,31). The molecular weight excluding hydrogens is 422 g/mol. The normalized spacial score (nSPS) is 15.4. The Bertz CT molecular complexity index is 1090. The fourth-order valence-corrected chi connectivity index (χ4v) is 5.01. The van der Waals surface area contributed by atoms with Gasteiger partial charge in [0.1, 0.15) is 4.88 Å². The number of pyridine rings is 1. The molecule has 0 saturated carbocycles. The summed E-state index contributed by atoms with van der Waals surface area (Å²) in [6.07, 6.45) is 5.45. The van der Waals surface area contributed by atoms with E-state index in [4.69, 9.17) is 0 Å². The first-order valence-electron chi connectivity index (χ1n) is 10.9. The molecular formula is C24H27N5O2S. The first kappa shape index (κ1) is 22.1. The van der Waals surface area contributed by atoms with Crippen molar-refractivity contribution in [2.45, 2.75) is 33.1 Å². The first-order valence-corrected chi connectivity index (χ1v) is 11.7. The minimum Gasteiger partial charge on any atom is -0.356 e. The molecule has 8 heteroatoms. The van der Waals surface area contributed by atoms with Crippen LogP contribution in [0.5, 0.6) is 0 Å². The summed E-state index contributed by atoms with van der Waals surface area (Å²) in [6.45, 7) is 5.38. The number of rotatable bonds is 6. The Labute approximate surface area is 192 Å². The maximum absolute atomic E-state index is 13.3. The van der Waals surface area contributed by atoms with Gasteiger partial charge < -0.3 is 10.2 Å². The van der Waals surface area contributed by atoms with Gasteiger partial charge in [0, 0.05) is 37.6 Å². The molecule has 4 rings (SSSR count). The average Bonchev–Trinajstić information content (AvgIpc) is 3.26. The number of likely N-dealkylation sites (tertiary alicyclic amines) is 1. The van der Waals surface area contributed by atoms with Crippen molar-refractivity contribution in [2.24, 2.45) is 5.41 Å². The van der Waals surface area contributed by atoms with Gasteiger partial charge in [0.2, 0.25) is 5.91 Å². The number of nitrogens with zero attached hydrogens (tertiary/aromatic N) is 4. The zero-order valence-corrected chi connectivity index (χ0v) is 19.2. The molecule has 0 spiro atoms. The summed E-state index contributed by atoms with van der Waals surface area (Å²) in [5.41, 5.74) is 3.34. The van der Waals surface area contributed by atoms with Crippen LogP contribution in [0.25, 0.3) is 11.1 Å². The molecule has 7 nitrogen and oxygen atoms in total. The second-order valence-corrected chi connectivity index (χ2v) is 8.95. The Morgan fingerprint density at radius 2 is 1.94 bits per heavy atom. The molecule has 0 radical (unpaired) electrons. The molecule has 1 aliphatic rings. The van der Waals surface area contributed by atoms with E-state index < -0.39 is 5.41 Å². The molecule has 3 aromatic rings. The molecule has 0 bridgehead atoms. The van der Waals surface area contributed by atoms with Gasteiger partial charge >= 0.3 is 0 Å². The fraction of sp³-hybridized carbons (Fsp3) is 0.375. The quantitative estimate of drug-likeness (QED) is 0.622. The Morgan fingerprint density at radius 3 is 2.59 bits per heavy atom. The van der Waals surface area contributed by atoms with Crippen LogP contribution in [0, 0.1) is 12.3 Å². The summed E-state index contributed by atoms with van der Waals surface area (Å²) >= 11 is 1.13. The van der Waals surface area contributed by atoms with Crippen LogP contribution in [0.1, 0.15) is 40.7 Å². The SMILES string of the molecule is CCNC(=O)C1(Cc2ccccc2-c2cccnc2)CCN(C(=O)c2snnc2C)CC1. The van der Waals surface area contributed by atoms with Crippen LogP contribution in [-0.2, 0) is 11.2 Å². The molecule has 32 heavy (non-hydrogen) atoms. The Balaban J connectivity index is 1.59. The lowest BCUT2D eigenvalue weighted by Crippen LogP contribution is -2.51. The van der Waals surface area contributed by atoms with Crippen LogP contribution in [0.15, 0.2) is 48.8 Å². The van der Waals surface area contributed by atoms with E-state index >= 15 is 0 Å². The van der Waals surface area contributed by atoms with E-state index in [1.165, 1.54) is 0 Å². The van der Waals surface area contributed by atoms with Crippen molar-refractivity contribution in [1.29, 1.82) is 0 Å². The van der Waals surface area contributed by atoms with Gasteiger partial charge in [-0.1, -0.05) is 34.8 Å². The number of hydrogen-bond acceptors (Lipinski definition) is 6. The van der Waals surface area contributed by atoms with Crippen LogP contribution < -0.4 is 5.32 Å². The van der Waals surface area contributed by atoms with Crippen molar-refractivity contribution in [1.82, 2.24) is 24.8 Å². The topological polar surface area (TPSA) is 88.1 Å². The number of amides is 2. The van der Waals surface area contributed by atoms with Crippen molar-refractivity contribution >= 4 is 23.3 Å². The second kappa shape index (κ2) is 9.56. The third-order valence-corrected chi connectivity index (χ3v) is 7.01. The van der Waals surface area contributed by atoms with Gasteiger partial charge in [-0.25, -0.2) is 0 Å². The highest BCUT2D eigenvalue weighted by atomic mass is 32.1. The molecule has 0 atom stereocenters. The van der Waals surface area contributed by atoms with E-state index in [0.29, 0.717) is 49.5 Å². The van der Waals surface area contributed by atoms with E-state index in [-0.39, 0.29) is 11.8 Å². The summed E-state index contributed by atoms with van der Waals surface area (Å²) in [7, 11) is 0. The van der Waals surface area contributed by atoms with Crippen LogP contribution in [-0.4, -0.2) is 50.9 Å². The molecule has 3 heterocycles. The van der Waals surface area contributed by atoms with E-state index in [9.17, 15) is 9.59 Å². The molecule has 1 aromatic carbocycles. The number of carbonyl (C=O) groups is 2. The summed E-state index contributed by atoms with van der Waals surface area (Å²) in [5.74, 6) is 0.0153. The molecule has 1 N–H and O–H groups in total. The maximum Gasteiger partial charge on any atom is 0.267 e.